The molecule has 1 aliphatic heterocycles. The zero-order valence-electron chi connectivity index (χ0n) is 13.1. The predicted octanol–water partition coefficient (Wildman–Crippen LogP) is 3.32. The second-order valence-electron chi connectivity index (χ2n) is 5.34. The summed E-state index contributed by atoms with van der Waals surface area (Å²) in [5.41, 5.74) is 0.819. The van der Waals surface area contributed by atoms with Crippen LogP contribution in [0.1, 0.15) is 26.7 Å². The number of carbonyl (C=O) groups is 1. The molecule has 0 aromatic heterocycles. The molecule has 6 heteroatoms. The fraction of sp³-hybridized carbons (Fsp3) is 0.562. The van der Waals surface area contributed by atoms with Gasteiger partial charge in [0, 0.05) is 36.2 Å². The van der Waals surface area contributed by atoms with Crippen LogP contribution in [-0.4, -0.2) is 36.1 Å². The number of rotatable bonds is 6. The van der Waals surface area contributed by atoms with Gasteiger partial charge in [0.2, 0.25) is 5.91 Å². The van der Waals surface area contributed by atoms with Crippen molar-refractivity contribution in [2.75, 3.05) is 23.4 Å². The lowest BCUT2D eigenvalue weighted by Gasteiger charge is -2.22. The number of benzene rings is 1. The van der Waals surface area contributed by atoms with Crippen molar-refractivity contribution in [2.24, 2.45) is 0 Å². The number of thioether (sulfide) groups is 1. The van der Waals surface area contributed by atoms with E-state index in [1.807, 2.05) is 43.0 Å². The summed E-state index contributed by atoms with van der Waals surface area (Å²) in [6.07, 6.45) is 1.71. The molecular weight excluding hydrogens is 320 g/mol. The van der Waals surface area contributed by atoms with E-state index in [0.717, 1.165) is 35.9 Å². The van der Waals surface area contributed by atoms with Crippen molar-refractivity contribution in [3.63, 3.8) is 0 Å². The summed E-state index contributed by atoms with van der Waals surface area (Å²) in [7, 11) is 0. The molecule has 1 fully saturated rings. The molecule has 0 saturated carbocycles. The Hall–Kier alpha value is -0.910. The fourth-order valence-electron chi connectivity index (χ4n) is 2.12. The Labute approximate surface area is 143 Å². The van der Waals surface area contributed by atoms with Gasteiger partial charge in [-0.05, 0) is 37.6 Å². The first-order valence-electron chi connectivity index (χ1n) is 7.55. The van der Waals surface area contributed by atoms with E-state index in [4.69, 9.17) is 4.74 Å². The van der Waals surface area contributed by atoms with Gasteiger partial charge in [-0.25, -0.2) is 0 Å². The number of hydrogen-bond acceptors (Lipinski definition) is 4. The molecule has 2 rings (SSSR count). The summed E-state index contributed by atoms with van der Waals surface area (Å²) in [5, 5.41) is 6.31. The standard InChI is InChI=1S/C16H24N2O2S.ClH/c1-3-12(2)20-15-6-4-13(5-7-15)18-16(19)10-14-11-21-9-8-17-14;/h4-7,12,14,17H,3,8-11H2,1-2H3,(H,18,19);1H. The highest BCUT2D eigenvalue weighted by Crippen LogP contribution is 2.18. The van der Waals surface area contributed by atoms with Crippen molar-refractivity contribution in [1.29, 1.82) is 0 Å². The lowest BCUT2D eigenvalue weighted by Crippen LogP contribution is -2.39. The Balaban J connectivity index is 0.00000242. The number of nitrogens with one attached hydrogen (secondary N) is 2. The molecule has 1 saturated heterocycles. The van der Waals surface area contributed by atoms with Gasteiger partial charge in [0.1, 0.15) is 5.75 Å². The Morgan fingerprint density at radius 3 is 2.77 bits per heavy atom. The molecule has 124 valence electrons. The Bertz CT molecular complexity index is 450. The molecule has 4 nitrogen and oxygen atoms in total. The maximum Gasteiger partial charge on any atom is 0.225 e. The van der Waals surface area contributed by atoms with Gasteiger partial charge in [0.25, 0.3) is 0 Å². The highest BCUT2D eigenvalue weighted by molar-refractivity contribution is 7.99. The van der Waals surface area contributed by atoms with Gasteiger partial charge in [0.15, 0.2) is 0 Å². The van der Waals surface area contributed by atoms with Crippen LogP contribution in [0.2, 0.25) is 0 Å². The van der Waals surface area contributed by atoms with Crippen molar-refractivity contribution in [3.8, 4) is 5.75 Å². The van der Waals surface area contributed by atoms with Crippen LogP contribution in [0.15, 0.2) is 24.3 Å². The van der Waals surface area contributed by atoms with Crippen molar-refractivity contribution >= 4 is 35.8 Å². The normalized spacial score (nSPS) is 18.9. The van der Waals surface area contributed by atoms with E-state index in [-0.39, 0.29) is 30.5 Å². The van der Waals surface area contributed by atoms with Crippen LogP contribution >= 0.6 is 24.2 Å². The van der Waals surface area contributed by atoms with Gasteiger partial charge >= 0.3 is 0 Å². The van der Waals surface area contributed by atoms with Gasteiger partial charge in [-0.2, -0.15) is 11.8 Å². The summed E-state index contributed by atoms with van der Waals surface area (Å²) in [5.74, 6) is 3.04. The number of hydrogen-bond donors (Lipinski definition) is 2. The number of anilines is 1. The fourth-order valence-corrected chi connectivity index (χ4v) is 3.07. The molecule has 1 aromatic carbocycles. The molecule has 1 aliphatic rings. The zero-order chi connectivity index (χ0) is 15.1. The Morgan fingerprint density at radius 1 is 1.45 bits per heavy atom. The first-order valence-corrected chi connectivity index (χ1v) is 8.70. The summed E-state index contributed by atoms with van der Waals surface area (Å²) in [6.45, 7) is 5.13. The van der Waals surface area contributed by atoms with Crippen LogP contribution in [0, 0.1) is 0 Å². The molecule has 1 aromatic rings. The first kappa shape index (κ1) is 19.1. The molecular formula is C16H25ClN2O2S. The molecule has 0 bridgehead atoms. The third-order valence-corrected chi connectivity index (χ3v) is 4.61. The average Bonchev–Trinajstić information content (AvgIpc) is 2.50. The largest absolute Gasteiger partial charge is 0.491 e. The summed E-state index contributed by atoms with van der Waals surface area (Å²) in [4.78, 5) is 12.0. The van der Waals surface area contributed by atoms with Gasteiger partial charge in [-0.3, -0.25) is 4.79 Å². The summed E-state index contributed by atoms with van der Waals surface area (Å²) >= 11 is 1.90. The molecule has 1 amide bonds. The Morgan fingerprint density at radius 2 is 2.18 bits per heavy atom. The second-order valence-corrected chi connectivity index (χ2v) is 6.49. The van der Waals surface area contributed by atoms with E-state index in [2.05, 4.69) is 17.6 Å². The second kappa shape index (κ2) is 9.98. The maximum absolute atomic E-state index is 12.0. The number of carbonyl (C=O) groups excluding carboxylic acids is 1. The van der Waals surface area contributed by atoms with Crippen molar-refractivity contribution in [3.05, 3.63) is 24.3 Å². The average molecular weight is 345 g/mol. The van der Waals surface area contributed by atoms with Crippen LogP contribution in [-0.2, 0) is 4.79 Å². The van der Waals surface area contributed by atoms with E-state index in [9.17, 15) is 4.79 Å². The highest BCUT2D eigenvalue weighted by Gasteiger charge is 2.16. The van der Waals surface area contributed by atoms with Crippen molar-refractivity contribution < 1.29 is 9.53 Å². The third kappa shape index (κ3) is 6.46. The minimum Gasteiger partial charge on any atom is -0.491 e. The van der Waals surface area contributed by atoms with Gasteiger partial charge in [0.05, 0.1) is 6.10 Å². The van der Waals surface area contributed by atoms with Crippen LogP contribution in [0.5, 0.6) is 5.75 Å². The van der Waals surface area contributed by atoms with Crippen LogP contribution < -0.4 is 15.4 Å². The lowest BCUT2D eigenvalue weighted by atomic mass is 10.2. The van der Waals surface area contributed by atoms with Crippen molar-refractivity contribution in [1.82, 2.24) is 5.32 Å². The van der Waals surface area contributed by atoms with Crippen LogP contribution in [0.4, 0.5) is 5.69 Å². The topological polar surface area (TPSA) is 50.4 Å². The monoisotopic (exact) mass is 344 g/mol. The van der Waals surface area contributed by atoms with Crippen molar-refractivity contribution in [2.45, 2.75) is 38.8 Å². The number of halogens is 1. The van der Waals surface area contributed by atoms with Gasteiger partial charge < -0.3 is 15.4 Å². The zero-order valence-corrected chi connectivity index (χ0v) is 14.8. The minimum atomic E-state index is 0. The predicted molar refractivity (Wildman–Crippen MR) is 96.4 cm³/mol. The molecule has 0 aliphatic carbocycles. The number of amides is 1. The molecule has 2 atom stereocenters. The third-order valence-electron chi connectivity index (χ3n) is 3.48. The van der Waals surface area contributed by atoms with Crippen LogP contribution in [0.3, 0.4) is 0 Å². The smallest absolute Gasteiger partial charge is 0.225 e. The number of ether oxygens (including phenoxy) is 1. The molecule has 22 heavy (non-hydrogen) atoms. The maximum atomic E-state index is 12.0. The van der Waals surface area contributed by atoms with Gasteiger partial charge in [-0.1, -0.05) is 6.92 Å². The first-order chi connectivity index (χ1) is 10.2. The molecule has 2 unspecified atom stereocenters. The molecule has 0 radical (unpaired) electrons. The van der Waals surface area contributed by atoms with E-state index in [0.29, 0.717) is 6.42 Å². The quantitative estimate of drug-likeness (QED) is 0.831. The SMILES string of the molecule is CCC(C)Oc1ccc(NC(=O)CC2CSCCN2)cc1.Cl. The minimum absolute atomic E-state index is 0. The molecule has 1 heterocycles. The van der Waals surface area contributed by atoms with E-state index in [1.54, 1.807) is 0 Å². The Kier molecular flexibility index (Phi) is 8.68. The molecule has 0 spiro atoms. The lowest BCUT2D eigenvalue weighted by molar-refractivity contribution is -0.116. The van der Waals surface area contributed by atoms with Crippen LogP contribution in [0.25, 0.3) is 0 Å². The summed E-state index contributed by atoms with van der Waals surface area (Å²) < 4.78 is 5.72. The van der Waals surface area contributed by atoms with E-state index in [1.165, 1.54) is 0 Å². The van der Waals surface area contributed by atoms with Gasteiger partial charge in [-0.15, -0.1) is 12.4 Å². The highest BCUT2D eigenvalue weighted by atomic mass is 35.5. The van der Waals surface area contributed by atoms with E-state index < -0.39 is 0 Å². The summed E-state index contributed by atoms with van der Waals surface area (Å²) in [6, 6.07) is 7.86. The molecule has 2 N–H and O–H groups in total. The van der Waals surface area contributed by atoms with E-state index >= 15 is 0 Å².